The Bertz CT molecular complexity index is 381. The molecule has 2 nitrogen and oxygen atoms in total. The van der Waals surface area contributed by atoms with E-state index in [1.54, 1.807) is 11.3 Å². The third-order valence-corrected chi connectivity index (χ3v) is 4.77. The first-order valence-corrected chi connectivity index (χ1v) is 6.90. The van der Waals surface area contributed by atoms with E-state index < -0.39 is 0 Å². The summed E-state index contributed by atoms with van der Waals surface area (Å²) < 4.78 is 5.39. The van der Waals surface area contributed by atoms with Gasteiger partial charge in [0.15, 0.2) is 5.78 Å². The first kappa shape index (κ1) is 10.5. The van der Waals surface area contributed by atoms with Gasteiger partial charge in [0.05, 0.1) is 11.5 Å². The molecule has 0 spiro atoms. The van der Waals surface area contributed by atoms with Gasteiger partial charge in [0.2, 0.25) is 0 Å². The largest absolute Gasteiger partial charge is 0.381 e. The Morgan fingerprint density at radius 1 is 1.38 bits per heavy atom. The molecule has 2 heterocycles. The molecule has 3 rings (SSSR count). The van der Waals surface area contributed by atoms with Crippen molar-refractivity contribution >= 4 is 17.1 Å². The van der Waals surface area contributed by atoms with Crippen LogP contribution in [0.5, 0.6) is 0 Å². The van der Waals surface area contributed by atoms with Crippen LogP contribution in [-0.4, -0.2) is 19.0 Å². The van der Waals surface area contributed by atoms with Crippen LogP contribution >= 0.6 is 11.3 Å². The SMILES string of the molecule is O=C(c1cc2c(s1)CCC2)C1CCCOC1. The second kappa shape index (κ2) is 4.30. The van der Waals surface area contributed by atoms with Crippen LogP contribution in [0.4, 0.5) is 0 Å². The summed E-state index contributed by atoms with van der Waals surface area (Å²) in [5, 5.41) is 0. The molecule has 1 unspecified atom stereocenters. The highest BCUT2D eigenvalue weighted by Gasteiger charge is 2.26. The molecule has 0 radical (unpaired) electrons. The standard InChI is InChI=1S/C13H16O2S/c14-13(10-4-2-6-15-8-10)12-7-9-3-1-5-11(9)16-12/h7,10H,1-6,8H2. The van der Waals surface area contributed by atoms with Crippen LogP contribution in [0.2, 0.25) is 0 Å². The summed E-state index contributed by atoms with van der Waals surface area (Å²) in [4.78, 5) is 14.7. The number of hydrogen-bond acceptors (Lipinski definition) is 3. The van der Waals surface area contributed by atoms with Crippen LogP contribution in [0.25, 0.3) is 0 Å². The lowest BCUT2D eigenvalue weighted by molar-refractivity contribution is 0.0464. The van der Waals surface area contributed by atoms with Gasteiger partial charge in [-0.3, -0.25) is 4.79 Å². The minimum atomic E-state index is 0.118. The number of ketones is 1. The molecule has 16 heavy (non-hydrogen) atoms. The fourth-order valence-corrected chi connectivity index (χ4v) is 3.87. The molecule has 0 N–H and O–H groups in total. The molecule has 1 saturated heterocycles. The van der Waals surface area contributed by atoms with E-state index in [1.807, 2.05) is 0 Å². The number of rotatable bonds is 2. The number of carbonyl (C=O) groups excluding carboxylic acids is 1. The van der Waals surface area contributed by atoms with E-state index in [4.69, 9.17) is 4.74 Å². The monoisotopic (exact) mass is 236 g/mol. The third kappa shape index (κ3) is 1.82. The maximum Gasteiger partial charge on any atom is 0.178 e. The summed E-state index contributed by atoms with van der Waals surface area (Å²) in [6.45, 7) is 1.45. The average Bonchev–Trinajstić information content (AvgIpc) is 2.89. The molecular formula is C13H16O2S. The summed E-state index contributed by atoms with van der Waals surface area (Å²) in [6.07, 6.45) is 5.64. The Balaban J connectivity index is 1.78. The van der Waals surface area contributed by atoms with Crippen LogP contribution in [0.1, 0.15) is 39.4 Å². The molecule has 0 bridgehead atoms. The van der Waals surface area contributed by atoms with Crippen molar-refractivity contribution in [2.45, 2.75) is 32.1 Å². The topological polar surface area (TPSA) is 26.3 Å². The first-order valence-electron chi connectivity index (χ1n) is 6.08. The quantitative estimate of drug-likeness (QED) is 0.738. The van der Waals surface area contributed by atoms with Gasteiger partial charge in [-0.2, -0.15) is 0 Å². The van der Waals surface area contributed by atoms with Gasteiger partial charge in [-0.25, -0.2) is 0 Å². The summed E-state index contributed by atoms with van der Waals surface area (Å²) in [5.41, 5.74) is 1.42. The molecule has 0 amide bonds. The van der Waals surface area contributed by atoms with Crippen molar-refractivity contribution < 1.29 is 9.53 Å². The van der Waals surface area contributed by atoms with E-state index in [9.17, 15) is 4.79 Å². The molecule has 1 fully saturated rings. The zero-order valence-electron chi connectivity index (χ0n) is 9.33. The third-order valence-electron chi connectivity index (χ3n) is 3.52. The Kier molecular flexibility index (Phi) is 2.82. The number of hydrogen-bond donors (Lipinski definition) is 0. The number of ether oxygens (including phenoxy) is 1. The number of Topliss-reactive ketones (excluding diaryl/α,β-unsaturated/α-hetero) is 1. The maximum absolute atomic E-state index is 12.2. The lowest BCUT2D eigenvalue weighted by Crippen LogP contribution is -2.24. The van der Waals surface area contributed by atoms with Crippen molar-refractivity contribution in [3.05, 3.63) is 21.4 Å². The Morgan fingerprint density at radius 2 is 2.31 bits per heavy atom. The minimum Gasteiger partial charge on any atom is -0.381 e. The van der Waals surface area contributed by atoms with E-state index in [0.717, 1.165) is 24.3 Å². The predicted octanol–water partition coefficient (Wildman–Crippen LogP) is 2.85. The van der Waals surface area contributed by atoms with E-state index in [1.165, 1.54) is 29.7 Å². The van der Waals surface area contributed by atoms with Crippen molar-refractivity contribution in [3.8, 4) is 0 Å². The van der Waals surface area contributed by atoms with Gasteiger partial charge in [0.25, 0.3) is 0 Å². The first-order chi connectivity index (χ1) is 7.84. The number of carbonyl (C=O) groups is 1. The molecule has 1 aromatic heterocycles. The van der Waals surface area contributed by atoms with Gasteiger partial charge in [-0.05, 0) is 43.7 Å². The second-order valence-electron chi connectivity index (χ2n) is 4.69. The molecule has 1 aliphatic carbocycles. The zero-order valence-corrected chi connectivity index (χ0v) is 10.1. The number of thiophene rings is 1. The van der Waals surface area contributed by atoms with Crippen LogP contribution < -0.4 is 0 Å². The normalized spacial score (nSPS) is 24.4. The highest BCUT2D eigenvalue weighted by Crippen LogP contribution is 2.32. The molecule has 0 saturated carbocycles. The number of aryl methyl sites for hydroxylation is 2. The summed E-state index contributed by atoms with van der Waals surface area (Å²) in [5.74, 6) is 0.437. The van der Waals surface area contributed by atoms with Crippen molar-refractivity contribution in [2.24, 2.45) is 5.92 Å². The van der Waals surface area contributed by atoms with Gasteiger partial charge in [-0.1, -0.05) is 0 Å². The predicted molar refractivity (Wildman–Crippen MR) is 64.2 cm³/mol. The summed E-state index contributed by atoms with van der Waals surface area (Å²) in [6, 6.07) is 2.13. The highest BCUT2D eigenvalue weighted by atomic mass is 32.1. The van der Waals surface area contributed by atoms with E-state index in [2.05, 4.69) is 6.07 Å². The van der Waals surface area contributed by atoms with Crippen molar-refractivity contribution in [1.29, 1.82) is 0 Å². The van der Waals surface area contributed by atoms with E-state index in [0.29, 0.717) is 12.4 Å². The maximum atomic E-state index is 12.2. The highest BCUT2D eigenvalue weighted by molar-refractivity contribution is 7.14. The molecule has 1 aliphatic heterocycles. The molecule has 2 aliphatic rings. The molecule has 1 aromatic rings. The molecule has 3 heteroatoms. The van der Waals surface area contributed by atoms with Gasteiger partial charge >= 0.3 is 0 Å². The van der Waals surface area contributed by atoms with Gasteiger partial charge < -0.3 is 4.74 Å². The molecule has 86 valence electrons. The van der Waals surface area contributed by atoms with Crippen LogP contribution in [0.3, 0.4) is 0 Å². The molecule has 1 atom stereocenters. The number of fused-ring (bicyclic) bond motifs is 1. The molecular weight excluding hydrogens is 220 g/mol. The van der Waals surface area contributed by atoms with Crippen LogP contribution in [0.15, 0.2) is 6.07 Å². The lowest BCUT2D eigenvalue weighted by atomic mass is 9.96. The van der Waals surface area contributed by atoms with Gasteiger partial charge in [0.1, 0.15) is 0 Å². The lowest BCUT2D eigenvalue weighted by Gasteiger charge is -2.20. The van der Waals surface area contributed by atoms with Crippen molar-refractivity contribution in [2.75, 3.05) is 13.2 Å². The van der Waals surface area contributed by atoms with Gasteiger partial charge in [0, 0.05) is 17.4 Å². The minimum absolute atomic E-state index is 0.118. The summed E-state index contributed by atoms with van der Waals surface area (Å²) in [7, 11) is 0. The van der Waals surface area contributed by atoms with E-state index in [-0.39, 0.29) is 5.92 Å². The zero-order chi connectivity index (χ0) is 11.0. The Hall–Kier alpha value is -0.670. The van der Waals surface area contributed by atoms with E-state index >= 15 is 0 Å². The smallest absolute Gasteiger partial charge is 0.178 e. The second-order valence-corrected chi connectivity index (χ2v) is 5.83. The Labute approximate surface area is 99.6 Å². The Morgan fingerprint density at radius 3 is 3.06 bits per heavy atom. The molecule has 0 aromatic carbocycles. The average molecular weight is 236 g/mol. The van der Waals surface area contributed by atoms with Gasteiger partial charge in [-0.15, -0.1) is 11.3 Å². The fourth-order valence-electron chi connectivity index (χ4n) is 2.60. The fraction of sp³-hybridized carbons (Fsp3) is 0.615. The van der Waals surface area contributed by atoms with Crippen molar-refractivity contribution in [3.63, 3.8) is 0 Å². The van der Waals surface area contributed by atoms with Crippen LogP contribution in [0, 0.1) is 5.92 Å². The van der Waals surface area contributed by atoms with Crippen LogP contribution in [-0.2, 0) is 17.6 Å². The summed E-state index contributed by atoms with van der Waals surface area (Å²) >= 11 is 1.72. The van der Waals surface area contributed by atoms with Crippen molar-refractivity contribution in [1.82, 2.24) is 0 Å².